The van der Waals surface area contributed by atoms with E-state index in [1.807, 2.05) is 36.5 Å². The number of amides is 1. The van der Waals surface area contributed by atoms with Gasteiger partial charge in [-0.2, -0.15) is 5.10 Å². The van der Waals surface area contributed by atoms with Gasteiger partial charge in [0.15, 0.2) is 0 Å². The molecule has 1 amide bonds. The average molecular weight is 320 g/mol. The first-order valence-electron chi connectivity index (χ1n) is 6.82. The Labute approximate surface area is 128 Å². The van der Waals surface area contributed by atoms with Crippen LogP contribution in [-0.2, 0) is 21.4 Å². The summed E-state index contributed by atoms with van der Waals surface area (Å²) in [6, 6.07) is 9.44. The topological polar surface area (TPSA) is 98.3 Å². The van der Waals surface area contributed by atoms with E-state index in [2.05, 4.69) is 5.10 Å². The molecular weight excluding hydrogens is 304 g/mol. The van der Waals surface area contributed by atoms with E-state index in [-0.39, 0.29) is 18.9 Å². The van der Waals surface area contributed by atoms with Crippen LogP contribution in [0.3, 0.4) is 0 Å². The first-order valence-corrected chi connectivity index (χ1v) is 8.43. The van der Waals surface area contributed by atoms with E-state index in [0.717, 1.165) is 11.3 Å². The molecule has 0 radical (unpaired) electrons. The number of benzene rings is 1. The van der Waals surface area contributed by atoms with Gasteiger partial charge in [0, 0.05) is 31.9 Å². The van der Waals surface area contributed by atoms with Gasteiger partial charge in [-0.15, -0.1) is 0 Å². The number of hydrogen-bond acceptors (Lipinski definition) is 4. The lowest BCUT2D eigenvalue weighted by atomic mass is 10.2. The van der Waals surface area contributed by atoms with Crippen molar-refractivity contribution in [1.29, 1.82) is 0 Å². The van der Waals surface area contributed by atoms with Crippen molar-refractivity contribution in [3.8, 4) is 5.69 Å². The highest BCUT2D eigenvalue weighted by Crippen LogP contribution is 2.19. The predicted molar refractivity (Wildman–Crippen MR) is 80.5 cm³/mol. The smallest absolute Gasteiger partial charge is 0.224 e. The molecule has 3 rings (SSSR count). The van der Waals surface area contributed by atoms with Gasteiger partial charge in [-0.3, -0.25) is 4.79 Å². The molecule has 22 heavy (non-hydrogen) atoms. The van der Waals surface area contributed by atoms with Gasteiger partial charge in [0.2, 0.25) is 15.9 Å². The SMILES string of the molecule is NS(=O)(=O)C1CC(=O)N(Cc2ccc(-n3cccn3)cc2)C1. The van der Waals surface area contributed by atoms with Crippen molar-refractivity contribution in [2.75, 3.05) is 6.54 Å². The maximum absolute atomic E-state index is 11.9. The highest BCUT2D eigenvalue weighted by atomic mass is 32.2. The molecule has 1 unspecified atom stereocenters. The maximum atomic E-state index is 11.9. The minimum atomic E-state index is -3.67. The molecule has 0 saturated carbocycles. The molecule has 1 aliphatic heterocycles. The average Bonchev–Trinajstić information content (AvgIpc) is 3.10. The molecule has 2 heterocycles. The summed E-state index contributed by atoms with van der Waals surface area (Å²) in [6.45, 7) is 0.531. The molecule has 116 valence electrons. The van der Waals surface area contributed by atoms with E-state index in [4.69, 9.17) is 5.14 Å². The van der Waals surface area contributed by atoms with Crippen molar-refractivity contribution in [3.05, 3.63) is 48.3 Å². The fourth-order valence-electron chi connectivity index (χ4n) is 2.50. The lowest BCUT2D eigenvalue weighted by Crippen LogP contribution is -2.31. The van der Waals surface area contributed by atoms with Gasteiger partial charge in [-0.25, -0.2) is 18.2 Å². The van der Waals surface area contributed by atoms with Crippen molar-refractivity contribution in [2.24, 2.45) is 5.14 Å². The summed E-state index contributed by atoms with van der Waals surface area (Å²) in [5.74, 6) is -0.185. The Kier molecular flexibility index (Phi) is 3.71. The molecule has 1 aliphatic rings. The van der Waals surface area contributed by atoms with E-state index >= 15 is 0 Å². The molecule has 0 bridgehead atoms. The Bertz CT molecular complexity index is 769. The Morgan fingerprint density at radius 1 is 1.27 bits per heavy atom. The highest BCUT2D eigenvalue weighted by Gasteiger charge is 2.36. The summed E-state index contributed by atoms with van der Waals surface area (Å²) in [5.41, 5.74) is 1.85. The third kappa shape index (κ3) is 3.02. The normalized spacial score (nSPS) is 18.9. The maximum Gasteiger partial charge on any atom is 0.224 e. The number of rotatable bonds is 4. The summed E-state index contributed by atoms with van der Waals surface area (Å²) in [5, 5.41) is 8.45. The first-order chi connectivity index (χ1) is 10.4. The molecular formula is C14H16N4O3S. The summed E-state index contributed by atoms with van der Waals surface area (Å²) in [7, 11) is -3.67. The number of sulfonamides is 1. The molecule has 7 nitrogen and oxygen atoms in total. The monoisotopic (exact) mass is 320 g/mol. The molecule has 0 aliphatic carbocycles. The number of aromatic nitrogens is 2. The standard InChI is InChI=1S/C14H16N4O3S/c15-22(20,21)13-8-14(19)17(10-13)9-11-2-4-12(5-3-11)18-7-1-6-16-18/h1-7,13H,8-10H2,(H2,15,20,21). The minimum Gasteiger partial charge on any atom is -0.337 e. The number of nitrogens with two attached hydrogens (primary N) is 1. The van der Waals surface area contributed by atoms with Crippen molar-refractivity contribution < 1.29 is 13.2 Å². The van der Waals surface area contributed by atoms with E-state index in [1.54, 1.807) is 10.9 Å². The summed E-state index contributed by atoms with van der Waals surface area (Å²) < 4.78 is 24.4. The van der Waals surface area contributed by atoms with Crippen LogP contribution in [0.5, 0.6) is 0 Å². The number of carbonyl (C=O) groups is 1. The molecule has 1 saturated heterocycles. The van der Waals surface area contributed by atoms with Crippen LogP contribution in [0.15, 0.2) is 42.7 Å². The fraction of sp³-hybridized carbons (Fsp3) is 0.286. The van der Waals surface area contributed by atoms with Gasteiger partial charge in [0.25, 0.3) is 0 Å². The lowest BCUT2D eigenvalue weighted by molar-refractivity contribution is -0.128. The first kappa shape index (κ1) is 14.7. The second-order valence-electron chi connectivity index (χ2n) is 5.31. The van der Waals surface area contributed by atoms with Gasteiger partial charge in [-0.1, -0.05) is 12.1 Å². The molecule has 2 aromatic rings. The molecule has 1 aromatic carbocycles. The molecule has 0 spiro atoms. The van der Waals surface area contributed by atoms with Crippen molar-refractivity contribution in [2.45, 2.75) is 18.2 Å². The van der Waals surface area contributed by atoms with Gasteiger partial charge >= 0.3 is 0 Å². The van der Waals surface area contributed by atoms with Crippen LogP contribution >= 0.6 is 0 Å². The van der Waals surface area contributed by atoms with Crippen LogP contribution in [0.1, 0.15) is 12.0 Å². The molecule has 1 aromatic heterocycles. The fourth-order valence-corrected chi connectivity index (χ4v) is 3.27. The van der Waals surface area contributed by atoms with Crippen molar-refractivity contribution in [3.63, 3.8) is 0 Å². The third-order valence-corrected chi connectivity index (χ3v) is 4.97. The van der Waals surface area contributed by atoms with Crippen LogP contribution in [0.25, 0.3) is 5.69 Å². The Balaban J connectivity index is 1.70. The minimum absolute atomic E-state index is 0.0375. The third-order valence-electron chi connectivity index (χ3n) is 3.72. The Morgan fingerprint density at radius 2 is 2.00 bits per heavy atom. The van der Waals surface area contributed by atoms with Gasteiger partial charge < -0.3 is 4.90 Å². The number of hydrogen-bond donors (Lipinski definition) is 1. The zero-order valence-corrected chi connectivity index (χ0v) is 12.6. The van der Waals surface area contributed by atoms with Crippen LogP contribution < -0.4 is 5.14 Å². The molecule has 8 heteroatoms. The van der Waals surface area contributed by atoms with Gasteiger partial charge in [0.1, 0.15) is 5.25 Å². The zero-order valence-electron chi connectivity index (χ0n) is 11.8. The molecule has 1 atom stereocenters. The van der Waals surface area contributed by atoms with Crippen LogP contribution in [0, 0.1) is 0 Å². The molecule has 2 N–H and O–H groups in total. The second-order valence-corrected chi connectivity index (χ2v) is 7.15. The summed E-state index contributed by atoms with van der Waals surface area (Å²) in [6.07, 6.45) is 3.50. The summed E-state index contributed by atoms with van der Waals surface area (Å²) in [4.78, 5) is 13.4. The highest BCUT2D eigenvalue weighted by molar-refractivity contribution is 7.89. The lowest BCUT2D eigenvalue weighted by Gasteiger charge is -2.16. The predicted octanol–water partition coefficient (Wildman–Crippen LogP) is 0.262. The van der Waals surface area contributed by atoms with Gasteiger partial charge in [0.05, 0.1) is 5.69 Å². The number of primary sulfonamides is 1. The Morgan fingerprint density at radius 3 is 2.55 bits per heavy atom. The van der Waals surface area contributed by atoms with Crippen molar-refractivity contribution >= 4 is 15.9 Å². The number of nitrogens with zero attached hydrogens (tertiary/aromatic N) is 3. The quantitative estimate of drug-likeness (QED) is 0.873. The second kappa shape index (κ2) is 5.54. The van der Waals surface area contributed by atoms with E-state index < -0.39 is 15.3 Å². The zero-order chi connectivity index (χ0) is 15.7. The number of carbonyl (C=O) groups excluding carboxylic acids is 1. The van der Waals surface area contributed by atoms with Crippen molar-refractivity contribution in [1.82, 2.24) is 14.7 Å². The largest absolute Gasteiger partial charge is 0.337 e. The number of likely N-dealkylation sites (tertiary alicyclic amines) is 1. The van der Waals surface area contributed by atoms with E-state index in [1.165, 1.54) is 4.90 Å². The van der Waals surface area contributed by atoms with Crippen LogP contribution in [0.2, 0.25) is 0 Å². The van der Waals surface area contributed by atoms with Gasteiger partial charge in [-0.05, 0) is 23.8 Å². The van der Waals surface area contributed by atoms with Crippen LogP contribution in [0.4, 0.5) is 0 Å². The molecule has 1 fully saturated rings. The summed E-state index contributed by atoms with van der Waals surface area (Å²) >= 11 is 0. The van der Waals surface area contributed by atoms with E-state index in [9.17, 15) is 13.2 Å². The van der Waals surface area contributed by atoms with Crippen LogP contribution in [-0.4, -0.2) is 40.8 Å². The van der Waals surface area contributed by atoms with E-state index in [0.29, 0.717) is 6.54 Å². The Hall–Kier alpha value is -2.19.